The number of nitrogens with one attached hydrogen (secondary N) is 1. The smallest absolute Gasteiger partial charge is 0.257 e. The van der Waals surface area contributed by atoms with E-state index in [1.165, 1.54) is 23.1 Å². The number of aryl methyl sites for hydroxylation is 2. The largest absolute Gasteiger partial charge is 0.491 e. The van der Waals surface area contributed by atoms with Crippen LogP contribution in [0.15, 0.2) is 18.2 Å². The van der Waals surface area contributed by atoms with E-state index in [-0.39, 0.29) is 36.9 Å². The van der Waals surface area contributed by atoms with Crippen LogP contribution in [-0.2, 0) is 0 Å². The van der Waals surface area contributed by atoms with Crippen molar-refractivity contribution in [3.05, 3.63) is 51.8 Å². The summed E-state index contributed by atoms with van der Waals surface area (Å²) < 4.78 is 33.0. The maximum atomic E-state index is 13.9. The minimum absolute atomic E-state index is 0.121. The number of hydrogen-bond donors (Lipinski definition) is 1. The van der Waals surface area contributed by atoms with Gasteiger partial charge in [-0.3, -0.25) is 9.69 Å². The highest BCUT2D eigenvalue weighted by molar-refractivity contribution is 6.31. The Morgan fingerprint density at radius 3 is 2.67 bits per heavy atom. The van der Waals surface area contributed by atoms with Crippen molar-refractivity contribution in [3.63, 3.8) is 0 Å². The second-order valence-electron chi connectivity index (χ2n) is 8.51. The third kappa shape index (κ3) is 5.14. The van der Waals surface area contributed by atoms with E-state index in [1.807, 2.05) is 4.90 Å². The number of carbonyl (C=O) groups excluding carboxylic acids is 1. The average molecular weight is 478 g/mol. The zero-order valence-electron chi connectivity index (χ0n) is 18.6. The van der Waals surface area contributed by atoms with Crippen molar-refractivity contribution in [2.45, 2.75) is 32.4 Å². The highest BCUT2D eigenvalue weighted by Gasteiger charge is 2.35. The van der Waals surface area contributed by atoms with Crippen molar-refractivity contribution in [1.82, 2.24) is 19.8 Å². The van der Waals surface area contributed by atoms with Gasteiger partial charge in [0, 0.05) is 38.0 Å². The number of halogens is 3. The van der Waals surface area contributed by atoms with Crippen LogP contribution in [0.2, 0.25) is 5.02 Å². The van der Waals surface area contributed by atoms with Gasteiger partial charge < -0.3 is 15.0 Å². The van der Waals surface area contributed by atoms with E-state index >= 15 is 0 Å². The highest BCUT2D eigenvalue weighted by atomic mass is 35.5. The Bertz CT molecular complexity index is 1060. The molecule has 3 heterocycles. The molecule has 2 fully saturated rings. The van der Waals surface area contributed by atoms with Gasteiger partial charge in [-0.05, 0) is 32.4 Å². The molecule has 1 amide bonds. The van der Waals surface area contributed by atoms with Crippen LogP contribution < -0.4 is 4.74 Å². The van der Waals surface area contributed by atoms with E-state index in [1.54, 1.807) is 13.8 Å². The molecule has 1 N–H and O–H groups in total. The van der Waals surface area contributed by atoms with E-state index in [0.29, 0.717) is 54.0 Å². The van der Waals surface area contributed by atoms with Crippen molar-refractivity contribution in [2.24, 2.45) is 0 Å². The van der Waals surface area contributed by atoms with Gasteiger partial charge in [-0.1, -0.05) is 11.6 Å². The summed E-state index contributed by atoms with van der Waals surface area (Å²) in [6.07, 6.45) is -0.325. The standard InChI is InChI=1S/C23H26ClF2N5O2/c1-13-21(24)14(2)29-22(28-13)18-11-31(12-19(18)27)23(32)17-4-3-15(25)9-20(17)33-8-7-30-6-5-16(26)10-30/h3-4,9,16,18,27H,5-8,10-12H2,1-2H3. The highest BCUT2D eigenvalue weighted by Crippen LogP contribution is 2.29. The molecule has 2 aliphatic heterocycles. The topological polar surface area (TPSA) is 82.4 Å². The van der Waals surface area contributed by atoms with Gasteiger partial charge in [0.05, 0.1) is 34.4 Å². The van der Waals surface area contributed by atoms with Crippen molar-refractivity contribution >= 4 is 23.2 Å². The van der Waals surface area contributed by atoms with Crippen molar-refractivity contribution < 1.29 is 18.3 Å². The third-order valence-corrected chi connectivity index (χ3v) is 6.58. The molecule has 2 aliphatic rings. The molecule has 2 unspecified atom stereocenters. The van der Waals surface area contributed by atoms with Crippen LogP contribution in [0.25, 0.3) is 0 Å². The Labute approximate surface area is 196 Å². The van der Waals surface area contributed by atoms with Gasteiger partial charge in [0.2, 0.25) is 0 Å². The summed E-state index contributed by atoms with van der Waals surface area (Å²) in [5.74, 6) is -0.705. The lowest BCUT2D eigenvalue weighted by atomic mass is 10.1. The first-order chi connectivity index (χ1) is 15.7. The van der Waals surface area contributed by atoms with E-state index < -0.39 is 17.9 Å². The average Bonchev–Trinajstić information content (AvgIpc) is 3.36. The molecule has 0 radical (unpaired) electrons. The number of rotatable bonds is 6. The summed E-state index contributed by atoms with van der Waals surface area (Å²) in [4.78, 5) is 25.5. The quantitative estimate of drug-likeness (QED) is 0.687. The second-order valence-corrected chi connectivity index (χ2v) is 8.88. The lowest BCUT2D eigenvalue weighted by Gasteiger charge is -2.19. The van der Waals surface area contributed by atoms with E-state index in [4.69, 9.17) is 21.7 Å². The van der Waals surface area contributed by atoms with Gasteiger partial charge in [-0.15, -0.1) is 0 Å². The Balaban J connectivity index is 1.47. The molecule has 1 aromatic heterocycles. The predicted molar refractivity (Wildman–Crippen MR) is 121 cm³/mol. The number of ether oxygens (including phenoxy) is 1. The Kier molecular flexibility index (Phi) is 6.90. The predicted octanol–water partition coefficient (Wildman–Crippen LogP) is 3.57. The molecule has 1 aromatic carbocycles. The molecule has 2 aromatic rings. The number of amides is 1. The number of alkyl halides is 1. The first-order valence-electron chi connectivity index (χ1n) is 10.9. The first-order valence-corrected chi connectivity index (χ1v) is 11.3. The van der Waals surface area contributed by atoms with E-state index in [2.05, 4.69) is 9.97 Å². The van der Waals surface area contributed by atoms with Gasteiger partial charge in [-0.2, -0.15) is 0 Å². The van der Waals surface area contributed by atoms with Gasteiger partial charge >= 0.3 is 0 Å². The number of hydrogen-bond acceptors (Lipinski definition) is 6. The van der Waals surface area contributed by atoms with Crippen LogP contribution in [0.4, 0.5) is 8.78 Å². The van der Waals surface area contributed by atoms with E-state index in [9.17, 15) is 13.6 Å². The molecule has 0 bridgehead atoms. The molecule has 2 atom stereocenters. The fourth-order valence-electron chi connectivity index (χ4n) is 4.22. The molecule has 2 saturated heterocycles. The zero-order valence-corrected chi connectivity index (χ0v) is 19.3. The number of carbonyl (C=O) groups is 1. The first kappa shape index (κ1) is 23.5. The van der Waals surface area contributed by atoms with Crippen LogP contribution in [-0.4, -0.2) is 76.9 Å². The Hall–Kier alpha value is -2.65. The molecule has 33 heavy (non-hydrogen) atoms. The summed E-state index contributed by atoms with van der Waals surface area (Å²) in [6, 6.07) is 3.79. The number of benzene rings is 1. The van der Waals surface area contributed by atoms with Gasteiger partial charge in [0.1, 0.15) is 30.2 Å². The molecule has 0 spiro atoms. The van der Waals surface area contributed by atoms with Gasteiger partial charge in [0.15, 0.2) is 0 Å². The van der Waals surface area contributed by atoms with Crippen LogP contribution in [0.3, 0.4) is 0 Å². The summed E-state index contributed by atoms with van der Waals surface area (Å²) in [6.45, 7) is 5.64. The maximum absolute atomic E-state index is 13.9. The van der Waals surface area contributed by atoms with E-state index in [0.717, 1.165) is 0 Å². The second kappa shape index (κ2) is 9.69. The van der Waals surface area contributed by atoms with Crippen LogP contribution in [0, 0.1) is 25.1 Å². The molecular weight excluding hydrogens is 452 g/mol. The molecule has 4 rings (SSSR count). The third-order valence-electron chi connectivity index (χ3n) is 6.04. The lowest BCUT2D eigenvalue weighted by Crippen LogP contribution is -2.30. The zero-order chi connectivity index (χ0) is 23.7. The number of aromatic nitrogens is 2. The van der Waals surface area contributed by atoms with Crippen molar-refractivity contribution in [2.75, 3.05) is 39.3 Å². The Morgan fingerprint density at radius 1 is 1.27 bits per heavy atom. The van der Waals surface area contributed by atoms with Crippen LogP contribution in [0.5, 0.6) is 5.75 Å². The summed E-state index contributed by atoms with van der Waals surface area (Å²) >= 11 is 6.16. The normalized spacial score (nSPS) is 21.1. The summed E-state index contributed by atoms with van der Waals surface area (Å²) in [7, 11) is 0. The fraction of sp³-hybridized carbons (Fsp3) is 0.478. The van der Waals surface area contributed by atoms with Crippen molar-refractivity contribution in [1.29, 1.82) is 5.41 Å². The fourth-order valence-corrected chi connectivity index (χ4v) is 4.31. The molecular formula is C23H26ClF2N5O2. The minimum atomic E-state index is -0.827. The molecule has 0 aliphatic carbocycles. The summed E-state index contributed by atoms with van der Waals surface area (Å²) in [5.41, 5.74) is 1.80. The van der Waals surface area contributed by atoms with Crippen LogP contribution in [0.1, 0.15) is 39.9 Å². The molecule has 10 heteroatoms. The number of likely N-dealkylation sites (tertiary alicyclic amines) is 2. The number of nitrogens with zero attached hydrogens (tertiary/aromatic N) is 4. The monoisotopic (exact) mass is 477 g/mol. The molecule has 7 nitrogen and oxygen atoms in total. The minimum Gasteiger partial charge on any atom is -0.491 e. The molecule has 0 saturated carbocycles. The van der Waals surface area contributed by atoms with Crippen LogP contribution >= 0.6 is 11.6 Å². The maximum Gasteiger partial charge on any atom is 0.257 e. The summed E-state index contributed by atoms with van der Waals surface area (Å²) in [5, 5.41) is 8.89. The van der Waals surface area contributed by atoms with Crippen molar-refractivity contribution in [3.8, 4) is 5.75 Å². The SMILES string of the molecule is Cc1nc(C2CN(C(=O)c3ccc(F)cc3OCCN3CCC(F)C3)CC2=N)nc(C)c1Cl. The van der Waals surface area contributed by atoms with Gasteiger partial charge in [0.25, 0.3) is 5.91 Å². The molecule has 176 valence electrons. The van der Waals surface area contributed by atoms with Gasteiger partial charge in [-0.25, -0.2) is 18.7 Å². The Morgan fingerprint density at radius 2 is 2.00 bits per heavy atom. The lowest BCUT2D eigenvalue weighted by molar-refractivity contribution is 0.0790.